The van der Waals surface area contributed by atoms with Gasteiger partial charge in [0.25, 0.3) is 0 Å². The third kappa shape index (κ3) is 2.84. The summed E-state index contributed by atoms with van der Waals surface area (Å²) in [4.78, 5) is 4.44. The largest absolute Gasteiger partial charge is 0.337 e. The van der Waals surface area contributed by atoms with Crippen molar-refractivity contribution in [3.63, 3.8) is 0 Å². The number of aromatic nitrogens is 2. The summed E-state index contributed by atoms with van der Waals surface area (Å²) in [6, 6.07) is 0. The number of hydrogen-bond donors (Lipinski definition) is 1. The van der Waals surface area contributed by atoms with E-state index in [4.69, 9.17) is 0 Å². The molecule has 80 valence electrons. The number of likely N-dealkylation sites (N-methyl/N-ethyl adjacent to an activating group) is 1. The molecule has 0 fully saturated rings. The number of imidazole rings is 1. The van der Waals surface area contributed by atoms with E-state index in [0.717, 1.165) is 19.4 Å². The molecule has 1 aromatic rings. The molecule has 1 heterocycles. The van der Waals surface area contributed by atoms with Crippen LogP contribution in [0.25, 0.3) is 0 Å². The van der Waals surface area contributed by atoms with Gasteiger partial charge in [0.2, 0.25) is 0 Å². The third-order valence-electron chi connectivity index (χ3n) is 2.36. The fourth-order valence-corrected chi connectivity index (χ4v) is 1.63. The van der Waals surface area contributed by atoms with Gasteiger partial charge in [-0.05, 0) is 19.4 Å². The molecule has 1 rings (SSSR count). The molecule has 0 aliphatic heterocycles. The molecule has 1 aromatic heterocycles. The van der Waals surface area contributed by atoms with E-state index in [2.05, 4.69) is 35.8 Å². The molecule has 0 unspecified atom stereocenters. The lowest BCUT2D eigenvalue weighted by Crippen LogP contribution is -2.14. The van der Waals surface area contributed by atoms with Gasteiger partial charge in [-0.2, -0.15) is 0 Å². The Labute approximate surface area is 86.5 Å². The van der Waals surface area contributed by atoms with Crippen LogP contribution in [-0.4, -0.2) is 23.1 Å². The summed E-state index contributed by atoms with van der Waals surface area (Å²) in [7, 11) is 4.06. The van der Waals surface area contributed by atoms with Gasteiger partial charge in [0.05, 0.1) is 12.0 Å². The van der Waals surface area contributed by atoms with Crippen molar-refractivity contribution in [2.45, 2.75) is 26.7 Å². The Balaban J connectivity index is 2.72. The van der Waals surface area contributed by atoms with Crippen molar-refractivity contribution < 1.29 is 0 Å². The van der Waals surface area contributed by atoms with E-state index in [0.29, 0.717) is 5.92 Å². The van der Waals surface area contributed by atoms with Crippen LogP contribution in [0.1, 0.15) is 25.2 Å². The lowest BCUT2D eigenvalue weighted by Gasteiger charge is -2.07. The Bertz CT molecular complexity index is 276. The SMILES string of the molecule is CNCCc1c(CC(C)C)ncn1C. The summed E-state index contributed by atoms with van der Waals surface area (Å²) in [5.74, 6) is 0.679. The van der Waals surface area contributed by atoms with Crippen molar-refractivity contribution in [1.29, 1.82) is 0 Å². The van der Waals surface area contributed by atoms with Crippen molar-refractivity contribution in [2.24, 2.45) is 13.0 Å². The zero-order chi connectivity index (χ0) is 10.6. The van der Waals surface area contributed by atoms with Crippen molar-refractivity contribution in [3.05, 3.63) is 17.7 Å². The van der Waals surface area contributed by atoms with Crippen LogP contribution in [0.3, 0.4) is 0 Å². The second-order valence-electron chi connectivity index (χ2n) is 4.20. The van der Waals surface area contributed by atoms with E-state index in [1.807, 2.05) is 13.4 Å². The van der Waals surface area contributed by atoms with Crippen LogP contribution in [-0.2, 0) is 19.9 Å². The van der Waals surface area contributed by atoms with E-state index in [9.17, 15) is 0 Å². The minimum Gasteiger partial charge on any atom is -0.337 e. The van der Waals surface area contributed by atoms with Crippen LogP contribution in [0.5, 0.6) is 0 Å². The first-order valence-electron chi connectivity index (χ1n) is 5.28. The van der Waals surface area contributed by atoms with Crippen molar-refractivity contribution >= 4 is 0 Å². The standard InChI is InChI=1S/C11H21N3/c1-9(2)7-10-11(5-6-12-3)14(4)8-13-10/h8-9,12H,5-7H2,1-4H3. The van der Waals surface area contributed by atoms with Gasteiger partial charge in [-0.25, -0.2) is 4.98 Å². The second-order valence-corrected chi connectivity index (χ2v) is 4.20. The van der Waals surface area contributed by atoms with E-state index in [-0.39, 0.29) is 0 Å². The van der Waals surface area contributed by atoms with E-state index in [1.165, 1.54) is 11.4 Å². The van der Waals surface area contributed by atoms with Gasteiger partial charge in [0.15, 0.2) is 0 Å². The molecule has 0 bridgehead atoms. The molecule has 0 aliphatic carbocycles. The summed E-state index contributed by atoms with van der Waals surface area (Å²) in [5.41, 5.74) is 2.63. The molecule has 3 nitrogen and oxygen atoms in total. The molecule has 0 saturated heterocycles. The van der Waals surface area contributed by atoms with Crippen LogP contribution in [0.2, 0.25) is 0 Å². The normalized spacial score (nSPS) is 11.2. The maximum Gasteiger partial charge on any atom is 0.0949 e. The van der Waals surface area contributed by atoms with Crippen molar-refractivity contribution in [2.75, 3.05) is 13.6 Å². The van der Waals surface area contributed by atoms with E-state index in [1.54, 1.807) is 0 Å². The van der Waals surface area contributed by atoms with Gasteiger partial charge in [-0.3, -0.25) is 0 Å². The quantitative estimate of drug-likeness (QED) is 0.769. The first kappa shape index (κ1) is 11.2. The van der Waals surface area contributed by atoms with Gasteiger partial charge >= 0.3 is 0 Å². The number of nitrogens with zero attached hydrogens (tertiary/aromatic N) is 2. The highest BCUT2D eigenvalue weighted by atomic mass is 15.0. The van der Waals surface area contributed by atoms with Gasteiger partial charge in [0.1, 0.15) is 0 Å². The fraction of sp³-hybridized carbons (Fsp3) is 0.727. The smallest absolute Gasteiger partial charge is 0.0949 e. The number of rotatable bonds is 5. The maximum absolute atomic E-state index is 4.44. The van der Waals surface area contributed by atoms with Crippen LogP contribution >= 0.6 is 0 Å². The van der Waals surface area contributed by atoms with Gasteiger partial charge in [-0.1, -0.05) is 13.8 Å². The molecule has 3 heteroatoms. The lowest BCUT2D eigenvalue weighted by molar-refractivity contribution is 0.626. The van der Waals surface area contributed by atoms with E-state index >= 15 is 0 Å². The van der Waals surface area contributed by atoms with Gasteiger partial charge < -0.3 is 9.88 Å². The van der Waals surface area contributed by atoms with Crippen LogP contribution in [0, 0.1) is 5.92 Å². The first-order chi connectivity index (χ1) is 6.65. The van der Waals surface area contributed by atoms with Crippen LogP contribution < -0.4 is 5.32 Å². The summed E-state index contributed by atoms with van der Waals surface area (Å²) >= 11 is 0. The molecule has 0 radical (unpaired) electrons. The molecular formula is C11H21N3. The average Bonchev–Trinajstić information content (AvgIpc) is 2.44. The lowest BCUT2D eigenvalue weighted by atomic mass is 10.1. The van der Waals surface area contributed by atoms with E-state index < -0.39 is 0 Å². The first-order valence-corrected chi connectivity index (χ1v) is 5.28. The minimum atomic E-state index is 0.679. The second kappa shape index (κ2) is 5.15. The Kier molecular flexibility index (Phi) is 4.14. The molecule has 0 saturated carbocycles. The monoisotopic (exact) mass is 195 g/mol. The number of aryl methyl sites for hydroxylation is 1. The van der Waals surface area contributed by atoms with Crippen LogP contribution in [0.4, 0.5) is 0 Å². The molecule has 0 atom stereocenters. The maximum atomic E-state index is 4.44. The topological polar surface area (TPSA) is 29.9 Å². The molecular weight excluding hydrogens is 174 g/mol. The zero-order valence-corrected chi connectivity index (χ0v) is 9.67. The molecule has 14 heavy (non-hydrogen) atoms. The Morgan fingerprint density at radius 3 is 2.79 bits per heavy atom. The molecule has 0 amide bonds. The summed E-state index contributed by atoms with van der Waals surface area (Å²) in [6.07, 6.45) is 4.07. The fourth-order valence-electron chi connectivity index (χ4n) is 1.63. The highest BCUT2D eigenvalue weighted by Crippen LogP contribution is 2.11. The molecule has 1 N–H and O–H groups in total. The predicted molar refractivity (Wildman–Crippen MR) is 59.4 cm³/mol. The minimum absolute atomic E-state index is 0.679. The van der Waals surface area contributed by atoms with Crippen molar-refractivity contribution in [3.8, 4) is 0 Å². The molecule has 0 spiro atoms. The summed E-state index contributed by atoms with van der Waals surface area (Å²) in [5, 5.41) is 3.17. The van der Waals surface area contributed by atoms with Crippen molar-refractivity contribution in [1.82, 2.24) is 14.9 Å². The highest BCUT2D eigenvalue weighted by Gasteiger charge is 2.09. The predicted octanol–water partition coefficient (Wildman–Crippen LogP) is 1.38. The number of nitrogens with one attached hydrogen (secondary N) is 1. The van der Waals surface area contributed by atoms with Gasteiger partial charge in [0, 0.05) is 25.7 Å². The summed E-state index contributed by atoms with van der Waals surface area (Å²) in [6.45, 7) is 5.48. The van der Waals surface area contributed by atoms with Crippen LogP contribution in [0.15, 0.2) is 6.33 Å². The Morgan fingerprint density at radius 2 is 2.21 bits per heavy atom. The van der Waals surface area contributed by atoms with Gasteiger partial charge in [-0.15, -0.1) is 0 Å². The Hall–Kier alpha value is -0.830. The molecule has 0 aliphatic rings. The highest BCUT2D eigenvalue weighted by molar-refractivity contribution is 5.14. The Morgan fingerprint density at radius 1 is 1.50 bits per heavy atom. The molecule has 0 aromatic carbocycles. The third-order valence-corrected chi connectivity index (χ3v) is 2.36. The average molecular weight is 195 g/mol. The number of hydrogen-bond acceptors (Lipinski definition) is 2. The zero-order valence-electron chi connectivity index (χ0n) is 9.67. The summed E-state index contributed by atoms with van der Waals surface area (Å²) < 4.78 is 2.13.